The molecule has 0 bridgehead atoms. The molecular formula is C21H22N4O2. The normalized spacial score (nSPS) is 21.3. The van der Waals surface area contributed by atoms with Crippen molar-refractivity contribution in [1.29, 1.82) is 0 Å². The van der Waals surface area contributed by atoms with E-state index in [0.29, 0.717) is 12.0 Å². The fourth-order valence-corrected chi connectivity index (χ4v) is 4.49. The van der Waals surface area contributed by atoms with E-state index >= 15 is 0 Å². The smallest absolute Gasteiger partial charge is 0.161 e. The van der Waals surface area contributed by atoms with Crippen molar-refractivity contribution >= 4 is 16.7 Å². The molecule has 1 aliphatic heterocycles. The minimum atomic E-state index is 0.326. The fraction of sp³-hybridized carbons (Fsp3) is 0.381. The molecule has 2 aliphatic rings. The highest BCUT2D eigenvalue weighted by Gasteiger charge is 2.34. The molecule has 2 unspecified atom stereocenters. The highest BCUT2D eigenvalue weighted by molar-refractivity contribution is 6.16. The summed E-state index contributed by atoms with van der Waals surface area (Å²) in [7, 11) is 3.37. The Morgan fingerprint density at radius 1 is 0.926 bits per heavy atom. The van der Waals surface area contributed by atoms with Crippen LogP contribution in [0.5, 0.6) is 11.5 Å². The molecule has 2 aromatic carbocycles. The Balaban J connectivity index is 1.72. The topological polar surface area (TPSA) is 72.4 Å². The van der Waals surface area contributed by atoms with E-state index in [4.69, 9.17) is 14.5 Å². The van der Waals surface area contributed by atoms with Crippen molar-refractivity contribution in [1.82, 2.24) is 15.4 Å². The van der Waals surface area contributed by atoms with Crippen LogP contribution in [0.4, 0.5) is 0 Å². The van der Waals surface area contributed by atoms with Gasteiger partial charge >= 0.3 is 0 Å². The fourth-order valence-electron chi connectivity index (χ4n) is 4.49. The lowest BCUT2D eigenvalue weighted by Crippen LogP contribution is -2.29. The first-order valence-corrected chi connectivity index (χ1v) is 9.43. The van der Waals surface area contributed by atoms with Crippen LogP contribution in [0.1, 0.15) is 48.3 Å². The van der Waals surface area contributed by atoms with E-state index in [1.165, 1.54) is 24.8 Å². The Kier molecular flexibility index (Phi) is 3.85. The number of aliphatic imine (C=N–C) groups is 1. The van der Waals surface area contributed by atoms with Gasteiger partial charge in [0.05, 0.1) is 26.0 Å². The first-order valence-electron chi connectivity index (χ1n) is 9.43. The van der Waals surface area contributed by atoms with Gasteiger partial charge in [-0.25, -0.2) is 0 Å². The van der Waals surface area contributed by atoms with Gasteiger partial charge in [0.2, 0.25) is 0 Å². The van der Waals surface area contributed by atoms with Gasteiger partial charge in [0.25, 0.3) is 0 Å². The summed E-state index contributed by atoms with van der Waals surface area (Å²) < 4.78 is 11.2. The summed E-state index contributed by atoms with van der Waals surface area (Å²) in [5.74, 6) is 1.97. The maximum Gasteiger partial charge on any atom is 0.161 e. The van der Waals surface area contributed by atoms with E-state index < -0.39 is 0 Å². The van der Waals surface area contributed by atoms with E-state index in [1.807, 2.05) is 6.07 Å². The van der Waals surface area contributed by atoms with Gasteiger partial charge < -0.3 is 9.47 Å². The number of nitrogens with zero attached hydrogens (tertiary/aromatic N) is 3. The number of hydrogen-bond donors (Lipinski definition) is 1. The molecule has 5 rings (SSSR count). The van der Waals surface area contributed by atoms with Gasteiger partial charge in [-0.1, -0.05) is 18.9 Å². The summed E-state index contributed by atoms with van der Waals surface area (Å²) in [6.45, 7) is 0. The SMILES string of the molecule is COc1cc2c(cc1OC)C1CCCCC1N=C2c1ccc2n[nH]nc2c1. The lowest BCUT2D eigenvalue weighted by atomic mass is 9.75. The summed E-state index contributed by atoms with van der Waals surface area (Å²) in [6.07, 6.45) is 4.80. The molecule has 2 heterocycles. The molecule has 0 spiro atoms. The predicted molar refractivity (Wildman–Crippen MR) is 104 cm³/mol. The van der Waals surface area contributed by atoms with Gasteiger partial charge in [0.1, 0.15) is 11.0 Å². The van der Waals surface area contributed by atoms with E-state index in [9.17, 15) is 0 Å². The molecule has 1 fully saturated rings. The third-order valence-electron chi connectivity index (χ3n) is 5.82. The number of aromatic amines is 1. The van der Waals surface area contributed by atoms with Crippen LogP contribution >= 0.6 is 0 Å². The van der Waals surface area contributed by atoms with Crippen molar-refractivity contribution in [2.75, 3.05) is 14.2 Å². The summed E-state index contributed by atoms with van der Waals surface area (Å²) in [5, 5.41) is 11.1. The quantitative estimate of drug-likeness (QED) is 0.768. The molecule has 6 nitrogen and oxygen atoms in total. The standard InChI is InChI=1S/C21H22N4O2/c1-26-19-10-14-13-5-3-4-6-16(13)22-21(15(14)11-20(19)27-2)12-7-8-17-18(9-12)24-25-23-17/h7-11,13,16H,3-6H2,1-2H3,(H,23,24,25). The summed E-state index contributed by atoms with van der Waals surface area (Å²) in [5.41, 5.74) is 6.25. The average Bonchev–Trinajstić information content (AvgIpc) is 3.20. The monoisotopic (exact) mass is 362 g/mol. The molecule has 1 saturated carbocycles. The number of rotatable bonds is 3. The van der Waals surface area contributed by atoms with Gasteiger partial charge in [-0.3, -0.25) is 4.99 Å². The van der Waals surface area contributed by atoms with Gasteiger partial charge in [-0.15, -0.1) is 0 Å². The second kappa shape index (κ2) is 6.37. The van der Waals surface area contributed by atoms with Crippen molar-refractivity contribution in [3.05, 3.63) is 47.0 Å². The Labute approximate surface area is 157 Å². The van der Waals surface area contributed by atoms with Crippen LogP contribution in [0.3, 0.4) is 0 Å². The molecule has 0 radical (unpaired) electrons. The third-order valence-corrected chi connectivity index (χ3v) is 5.82. The molecule has 0 saturated heterocycles. The number of hydrogen-bond acceptors (Lipinski definition) is 5. The van der Waals surface area contributed by atoms with Gasteiger partial charge in [-0.05, 0) is 42.7 Å². The molecular weight excluding hydrogens is 340 g/mol. The number of methoxy groups -OCH3 is 2. The Hall–Kier alpha value is -2.89. The zero-order chi connectivity index (χ0) is 18.4. The van der Waals surface area contributed by atoms with E-state index in [-0.39, 0.29) is 0 Å². The summed E-state index contributed by atoms with van der Waals surface area (Å²) >= 11 is 0. The lowest BCUT2D eigenvalue weighted by molar-refractivity contribution is 0.349. The highest BCUT2D eigenvalue weighted by Crippen LogP contribution is 2.44. The van der Waals surface area contributed by atoms with Crippen LogP contribution in [0, 0.1) is 0 Å². The van der Waals surface area contributed by atoms with Crippen molar-refractivity contribution in [3.63, 3.8) is 0 Å². The number of aromatic nitrogens is 3. The average molecular weight is 362 g/mol. The molecule has 1 aromatic heterocycles. The second-order valence-electron chi connectivity index (χ2n) is 7.26. The number of fused-ring (bicyclic) bond motifs is 4. The number of ether oxygens (including phenoxy) is 2. The summed E-state index contributed by atoms with van der Waals surface area (Å²) in [4.78, 5) is 5.20. The minimum Gasteiger partial charge on any atom is -0.493 e. The van der Waals surface area contributed by atoms with Crippen LogP contribution < -0.4 is 9.47 Å². The first-order chi connectivity index (χ1) is 13.3. The lowest BCUT2D eigenvalue weighted by Gasteiger charge is -2.35. The highest BCUT2D eigenvalue weighted by atomic mass is 16.5. The molecule has 1 aliphatic carbocycles. The van der Waals surface area contributed by atoms with Crippen LogP contribution in [-0.4, -0.2) is 41.4 Å². The van der Waals surface area contributed by atoms with E-state index in [2.05, 4.69) is 39.7 Å². The van der Waals surface area contributed by atoms with Crippen molar-refractivity contribution < 1.29 is 9.47 Å². The minimum absolute atomic E-state index is 0.326. The van der Waals surface area contributed by atoms with Crippen molar-refractivity contribution in [3.8, 4) is 11.5 Å². The first kappa shape index (κ1) is 16.3. The molecule has 2 atom stereocenters. The predicted octanol–water partition coefficient (Wildman–Crippen LogP) is 3.85. The second-order valence-corrected chi connectivity index (χ2v) is 7.26. The maximum absolute atomic E-state index is 5.58. The van der Waals surface area contributed by atoms with E-state index in [1.54, 1.807) is 14.2 Å². The Bertz CT molecular complexity index is 1040. The Morgan fingerprint density at radius 3 is 2.56 bits per heavy atom. The Morgan fingerprint density at radius 2 is 1.70 bits per heavy atom. The van der Waals surface area contributed by atoms with Crippen LogP contribution in [0.2, 0.25) is 0 Å². The molecule has 138 valence electrons. The zero-order valence-corrected chi connectivity index (χ0v) is 15.5. The third kappa shape index (κ3) is 2.59. The maximum atomic E-state index is 5.58. The summed E-state index contributed by atoms with van der Waals surface area (Å²) in [6, 6.07) is 10.7. The molecule has 0 amide bonds. The van der Waals surface area contributed by atoms with Crippen LogP contribution in [-0.2, 0) is 0 Å². The molecule has 3 aromatic rings. The van der Waals surface area contributed by atoms with Gasteiger partial charge in [0.15, 0.2) is 11.5 Å². The van der Waals surface area contributed by atoms with E-state index in [0.717, 1.165) is 45.8 Å². The zero-order valence-electron chi connectivity index (χ0n) is 15.5. The van der Waals surface area contributed by atoms with Crippen LogP contribution in [0.15, 0.2) is 35.3 Å². The van der Waals surface area contributed by atoms with Crippen LogP contribution in [0.25, 0.3) is 11.0 Å². The molecule has 6 heteroatoms. The van der Waals surface area contributed by atoms with Crippen molar-refractivity contribution in [2.24, 2.45) is 4.99 Å². The van der Waals surface area contributed by atoms with Gasteiger partial charge in [-0.2, -0.15) is 15.4 Å². The van der Waals surface area contributed by atoms with Gasteiger partial charge in [0, 0.05) is 17.0 Å². The largest absolute Gasteiger partial charge is 0.493 e. The number of benzene rings is 2. The number of H-pyrrole nitrogens is 1. The molecule has 1 N–H and O–H groups in total. The van der Waals surface area contributed by atoms with Crippen molar-refractivity contribution in [2.45, 2.75) is 37.6 Å². The number of nitrogens with one attached hydrogen (secondary N) is 1. The molecule has 27 heavy (non-hydrogen) atoms.